The van der Waals surface area contributed by atoms with Gasteiger partial charge in [0.05, 0.1) is 17.1 Å². The van der Waals surface area contributed by atoms with Crippen molar-refractivity contribution in [2.24, 2.45) is 5.92 Å². The molecule has 1 saturated heterocycles. The fourth-order valence-electron chi connectivity index (χ4n) is 3.34. The van der Waals surface area contributed by atoms with Crippen molar-refractivity contribution in [2.75, 3.05) is 23.3 Å². The van der Waals surface area contributed by atoms with Gasteiger partial charge in [-0.15, -0.1) is 0 Å². The van der Waals surface area contributed by atoms with Gasteiger partial charge in [0.2, 0.25) is 5.95 Å². The van der Waals surface area contributed by atoms with E-state index in [-0.39, 0.29) is 0 Å². The lowest BCUT2D eigenvalue weighted by Crippen LogP contribution is -2.34. The van der Waals surface area contributed by atoms with Gasteiger partial charge in [-0.25, -0.2) is 9.97 Å². The number of hydrogen-bond donors (Lipinski definition) is 1. The molecule has 2 aromatic rings. The Balaban J connectivity index is 1.70. The van der Waals surface area contributed by atoms with Crippen molar-refractivity contribution >= 4 is 29.1 Å². The number of nitrogens with zero attached hydrogens (tertiary/aromatic N) is 3. The Kier molecular flexibility index (Phi) is 4.35. The first kappa shape index (κ1) is 15.8. The molecule has 4 nitrogen and oxygen atoms in total. The second-order valence-corrected chi connectivity index (χ2v) is 7.82. The summed E-state index contributed by atoms with van der Waals surface area (Å²) in [6, 6.07) is 8.43. The van der Waals surface area contributed by atoms with E-state index in [4.69, 9.17) is 9.97 Å². The number of aryl methyl sites for hydroxylation is 1. The summed E-state index contributed by atoms with van der Waals surface area (Å²) in [5.41, 5.74) is 3.42. The predicted octanol–water partition coefficient (Wildman–Crippen LogP) is 4.87. The lowest BCUT2D eigenvalue weighted by atomic mass is 10.00. The number of para-hydroxylation sites is 1. The van der Waals surface area contributed by atoms with Gasteiger partial charge < -0.3 is 10.2 Å². The molecule has 1 fully saturated rings. The molecule has 24 heavy (non-hydrogen) atoms. The average molecular weight is 340 g/mol. The quantitative estimate of drug-likeness (QED) is 0.689. The molecule has 0 radical (unpaired) electrons. The smallest absolute Gasteiger partial charge is 0.226 e. The molecule has 1 aromatic carbocycles. The van der Waals surface area contributed by atoms with E-state index in [1.165, 1.54) is 17.7 Å². The number of benzene rings is 1. The van der Waals surface area contributed by atoms with Crippen molar-refractivity contribution in [1.82, 2.24) is 9.97 Å². The first-order valence-corrected chi connectivity index (χ1v) is 9.76. The molecule has 1 N–H and O–H groups in total. The standard InChI is InChI=1S/C19H24N4S/c1-3-6-15-17-18(24-16-8-5-4-7-14(16)20-17)22-19(21-15)23-11-9-13(2)10-12-23/h4-5,7-8,13,20H,3,6,9-12H2,1-2H3. The van der Waals surface area contributed by atoms with Gasteiger partial charge in [-0.2, -0.15) is 0 Å². The van der Waals surface area contributed by atoms with E-state index in [1.807, 2.05) is 0 Å². The molecule has 0 atom stereocenters. The number of aromatic nitrogens is 2. The summed E-state index contributed by atoms with van der Waals surface area (Å²) >= 11 is 1.76. The summed E-state index contributed by atoms with van der Waals surface area (Å²) in [7, 11) is 0. The SMILES string of the molecule is CCCc1nc(N2CCC(C)CC2)nc2c1Nc1ccccc1S2. The third kappa shape index (κ3) is 2.97. The second-order valence-electron chi connectivity index (χ2n) is 6.79. The Morgan fingerprint density at radius 1 is 1.21 bits per heavy atom. The van der Waals surface area contributed by atoms with Crippen LogP contribution >= 0.6 is 11.8 Å². The van der Waals surface area contributed by atoms with E-state index < -0.39 is 0 Å². The Labute approximate surface area is 148 Å². The summed E-state index contributed by atoms with van der Waals surface area (Å²) < 4.78 is 0. The van der Waals surface area contributed by atoms with Crippen LogP contribution in [0.3, 0.4) is 0 Å². The molecule has 2 aliphatic heterocycles. The van der Waals surface area contributed by atoms with E-state index in [2.05, 4.69) is 48.3 Å². The third-order valence-electron chi connectivity index (χ3n) is 4.85. The van der Waals surface area contributed by atoms with Gasteiger partial charge in [-0.05, 0) is 37.3 Å². The van der Waals surface area contributed by atoms with Gasteiger partial charge in [-0.3, -0.25) is 0 Å². The van der Waals surface area contributed by atoms with Crippen LogP contribution in [0, 0.1) is 5.92 Å². The molecule has 0 aliphatic carbocycles. The molecular formula is C19H24N4S. The third-order valence-corrected chi connectivity index (χ3v) is 5.91. The van der Waals surface area contributed by atoms with Crippen molar-refractivity contribution in [3.8, 4) is 0 Å². The monoisotopic (exact) mass is 340 g/mol. The van der Waals surface area contributed by atoms with Crippen LogP contribution in [0.25, 0.3) is 0 Å². The molecule has 2 aliphatic rings. The summed E-state index contributed by atoms with van der Waals surface area (Å²) in [5, 5.41) is 4.64. The Bertz CT molecular complexity index is 738. The first-order chi connectivity index (χ1) is 11.7. The minimum Gasteiger partial charge on any atom is -0.351 e. The molecule has 4 rings (SSSR count). The zero-order valence-electron chi connectivity index (χ0n) is 14.4. The normalized spacial score (nSPS) is 17.2. The fourth-order valence-corrected chi connectivity index (χ4v) is 4.32. The minimum atomic E-state index is 0.817. The fraction of sp³-hybridized carbons (Fsp3) is 0.474. The molecule has 0 bridgehead atoms. The van der Waals surface area contributed by atoms with Crippen molar-refractivity contribution in [2.45, 2.75) is 49.5 Å². The first-order valence-electron chi connectivity index (χ1n) is 8.94. The van der Waals surface area contributed by atoms with E-state index in [0.29, 0.717) is 0 Å². The maximum Gasteiger partial charge on any atom is 0.226 e. The van der Waals surface area contributed by atoms with Gasteiger partial charge in [0, 0.05) is 18.0 Å². The van der Waals surface area contributed by atoms with Crippen LogP contribution < -0.4 is 10.2 Å². The summed E-state index contributed by atoms with van der Waals surface area (Å²) in [4.78, 5) is 13.5. The van der Waals surface area contributed by atoms with Crippen LogP contribution in [0.4, 0.5) is 17.3 Å². The number of rotatable bonds is 3. The molecule has 0 spiro atoms. The molecule has 126 valence electrons. The highest BCUT2D eigenvalue weighted by atomic mass is 32.2. The average Bonchev–Trinajstić information content (AvgIpc) is 2.61. The summed E-state index contributed by atoms with van der Waals surface area (Å²) in [6.45, 7) is 6.69. The molecule has 3 heterocycles. The molecular weight excluding hydrogens is 316 g/mol. The lowest BCUT2D eigenvalue weighted by Gasteiger charge is -2.31. The van der Waals surface area contributed by atoms with E-state index in [1.54, 1.807) is 11.8 Å². The number of anilines is 3. The predicted molar refractivity (Wildman–Crippen MR) is 100 cm³/mol. The Hall–Kier alpha value is -1.75. The van der Waals surface area contributed by atoms with Gasteiger partial charge in [0.15, 0.2) is 0 Å². The van der Waals surface area contributed by atoms with Gasteiger partial charge >= 0.3 is 0 Å². The minimum absolute atomic E-state index is 0.817. The van der Waals surface area contributed by atoms with Crippen LogP contribution in [-0.2, 0) is 6.42 Å². The van der Waals surface area contributed by atoms with Crippen LogP contribution in [0.5, 0.6) is 0 Å². The van der Waals surface area contributed by atoms with Crippen LogP contribution in [-0.4, -0.2) is 23.1 Å². The second kappa shape index (κ2) is 6.63. The van der Waals surface area contributed by atoms with Crippen LogP contribution in [0.15, 0.2) is 34.2 Å². The number of fused-ring (bicyclic) bond motifs is 2. The maximum absolute atomic E-state index is 4.94. The molecule has 0 saturated carbocycles. The Morgan fingerprint density at radius 3 is 2.79 bits per heavy atom. The van der Waals surface area contributed by atoms with Crippen molar-refractivity contribution in [3.05, 3.63) is 30.0 Å². The van der Waals surface area contributed by atoms with Crippen molar-refractivity contribution < 1.29 is 0 Å². The van der Waals surface area contributed by atoms with E-state index in [9.17, 15) is 0 Å². The van der Waals surface area contributed by atoms with Gasteiger partial charge in [-0.1, -0.05) is 44.2 Å². The van der Waals surface area contributed by atoms with E-state index >= 15 is 0 Å². The molecule has 5 heteroatoms. The van der Waals surface area contributed by atoms with Gasteiger partial charge in [0.25, 0.3) is 0 Å². The zero-order chi connectivity index (χ0) is 16.5. The number of nitrogens with one attached hydrogen (secondary N) is 1. The summed E-state index contributed by atoms with van der Waals surface area (Å²) in [6.07, 6.45) is 4.54. The molecule has 1 aromatic heterocycles. The van der Waals surface area contributed by atoms with Crippen molar-refractivity contribution in [1.29, 1.82) is 0 Å². The maximum atomic E-state index is 4.94. The number of hydrogen-bond acceptors (Lipinski definition) is 5. The highest BCUT2D eigenvalue weighted by Crippen LogP contribution is 2.44. The highest BCUT2D eigenvalue weighted by molar-refractivity contribution is 7.99. The largest absolute Gasteiger partial charge is 0.351 e. The highest BCUT2D eigenvalue weighted by Gasteiger charge is 2.25. The zero-order valence-corrected chi connectivity index (χ0v) is 15.2. The van der Waals surface area contributed by atoms with Crippen LogP contribution in [0.1, 0.15) is 38.8 Å². The molecule has 0 unspecified atom stereocenters. The molecule has 0 amide bonds. The Morgan fingerprint density at radius 2 is 2.00 bits per heavy atom. The van der Waals surface area contributed by atoms with Gasteiger partial charge in [0.1, 0.15) is 5.03 Å². The van der Waals surface area contributed by atoms with Crippen LogP contribution in [0.2, 0.25) is 0 Å². The topological polar surface area (TPSA) is 41.1 Å². The summed E-state index contributed by atoms with van der Waals surface area (Å²) in [5.74, 6) is 1.73. The van der Waals surface area contributed by atoms with E-state index in [0.717, 1.165) is 59.9 Å². The number of piperidine rings is 1. The van der Waals surface area contributed by atoms with Crippen molar-refractivity contribution in [3.63, 3.8) is 0 Å². The lowest BCUT2D eigenvalue weighted by molar-refractivity contribution is 0.433.